The second-order valence-corrected chi connectivity index (χ2v) is 8.10. The van der Waals surface area contributed by atoms with Crippen molar-refractivity contribution in [2.45, 2.75) is 25.5 Å². The van der Waals surface area contributed by atoms with Gasteiger partial charge < -0.3 is 25.7 Å². The summed E-state index contributed by atoms with van der Waals surface area (Å²) in [7, 11) is -4.51. The molecule has 1 aromatic heterocycles. The summed E-state index contributed by atoms with van der Waals surface area (Å²) in [5, 5.41) is 5.51. The monoisotopic (exact) mass is 403 g/mol. The molecule has 1 aliphatic heterocycles. The molecule has 0 saturated heterocycles. The summed E-state index contributed by atoms with van der Waals surface area (Å²) >= 11 is 0. The number of carbonyl (C=O) groups excluding carboxylic acids is 1. The third kappa shape index (κ3) is 4.17. The maximum Gasteiger partial charge on any atom is 0.348 e. The molecule has 28 heavy (non-hydrogen) atoms. The minimum Gasteiger partial charge on any atom is -0.357 e. The van der Waals surface area contributed by atoms with Crippen LogP contribution < -0.4 is 21.3 Å². The Kier molecular flexibility index (Phi) is 5.69. The van der Waals surface area contributed by atoms with Crippen molar-refractivity contribution in [3.63, 3.8) is 0 Å². The van der Waals surface area contributed by atoms with Crippen molar-refractivity contribution < 1.29 is 19.1 Å². The first-order valence-corrected chi connectivity index (χ1v) is 10.4. The van der Waals surface area contributed by atoms with Gasteiger partial charge >= 0.3 is 13.6 Å². The number of urea groups is 1. The predicted octanol–water partition coefficient (Wildman–Crippen LogP) is 3.11. The van der Waals surface area contributed by atoms with Gasteiger partial charge in [0.05, 0.1) is 11.4 Å². The van der Waals surface area contributed by atoms with E-state index in [2.05, 4.69) is 15.6 Å². The zero-order valence-corrected chi connectivity index (χ0v) is 16.1. The molecular weight excluding hydrogens is 381 g/mol. The van der Waals surface area contributed by atoms with Gasteiger partial charge in [-0.1, -0.05) is 43.7 Å². The van der Waals surface area contributed by atoms with Crippen LogP contribution in [0.3, 0.4) is 0 Å². The molecule has 9 nitrogen and oxygen atoms in total. The number of nitrogens with two attached hydrogens (primary N) is 1. The number of benzene rings is 1. The Morgan fingerprint density at radius 1 is 1.29 bits per heavy atom. The van der Waals surface area contributed by atoms with Crippen LogP contribution in [0.4, 0.5) is 22.1 Å². The minimum absolute atomic E-state index is 0.188. The number of carbonyl (C=O) groups is 1. The number of rotatable bonds is 6. The highest BCUT2D eigenvalue weighted by Crippen LogP contribution is 2.51. The first-order chi connectivity index (χ1) is 13.3. The average molecular weight is 403 g/mol. The van der Waals surface area contributed by atoms with E-state index in [4.69, 9.17) is 5.73 Å². The largest absolute Gasteiger partial charge is 0.357 e. The molecule has 2 aromatic rings. The highest BCUT2D eigenvalue weighted by atomic mass is 31.2. The number of nitrogens with one attached hydrogen (secondary N) is 2. The van der Waals surface area contributed by atoms with Crippen molar-refractivity contribution >= 4 is 36.6 Å². The first kappa shape index (κ1) is 19.9. The number of aromatic nitrogens is 1. The van der Waals surface area contributed by atoms with Crippen LogP contribution in [0, 0.1) is 0 Å². The van der Waals surface area contributed by atoms with Gasteiger partial charge in [0.25, 0.3) is 0 Å². The molecule has 1 unspecified atom stereocenters. The molecular formula is C18H22N5O4P. The Hall–Kier alpha value is -2.87. The van der Waals surface area contributed by atoms with Gasteiger partial charge in [-0.05, 0) is 24.1 Å². The third-order valence-corrected chi connectivity index (χ3v) is 5.55. The van der Waals surface area contributed by atoms with Gasteiger partial charge in [0.1, 0.15) is 11.6 Å². The Balaban J connectivity index is 2.17. The molecule has 148 valence electrons. The second-order valence-electron chi connectivity index (χ2n) is 6.33. The van der Waals surface area contributed by atoms with Gasteiger partial charge in [0.2, 0.25) is 0 Å². The second kappa shape index (κ2) is 8.02. The van der Waals surface area contributed by atoms with E-state index in [1.54, 1.807) is 18.3 Å². The van der Waals surface area contributed by atoms with Crippen molar-refractivity contribution in [3.8, 4) is 0 Å². The van der Waals surface area contributed by atoms with Gasteiger partial charge in [-0.15, -0.1) is 0 Å². The molecule has 2 heterocycles. The normalized spacial score (nSPS) is 14.5. The molecule has 1 aliphatic rings. The molecule has 0 saturated carbocycles. The highest BCUT2D eigenvalue weighted by Gasteiger charge is 2.39. The minimum atomic E-state index is -4.51. The molecule has 2 amide bonds. The third-order valence-electron chi connectivity index (χ3n) is 4.28. The lowest BCUT2D eigenvalue weighted by molar-refractivity contribution is 0.259. The number of pyridine rings is 1. The van der Waals surface area contributed by atoms with Crippen molar-refractivity contribution in [2.75, 3.05) is 15.5 Å². The van der Waals surface area contributed by atoms with Gasteiger partial charge in [-0.2, -0.15) is 0 Å². The van der Waals surface area contributed by atoms with Crippen molar-refractivity contribution in [3.05, 3.63) is 54.2 Å². The van der Waals surface area contributed by atoms with Crippen LogP contribution in [-0.2, 0) is 4.57 Å². The van der Waals surface area contributed by atoms with Gasteiger partial charge in [0.15, 0.2) is 5.82 Å². The van der Waals surface area contributed by atoms with Crippen molar-refractivity contribution in [1.82, 2.24) is 4.98 Å². The fourth-order valence-electron chi connectivity index (χ4n) is 3.11. The summed E-state index contributed by atoms with van der Waals surface area (Å²) in [6, 6.07) is 11.7. The molecule has 10 heteroatoms. The number of nitrogens with zero attached hydrogens (tertiary/aromatic N) is 2. The lowest BCUT2D eigenvalue weighted by Gasteiger charge is -2.38. The fourth-order valence-corrected chi connectivity index (χ4v) is 4.24. The number of primary amides is 1. The van der Waals surface area contributed by atoms with Crippen LogP contribution in [0.2, 0.25) is 0 Å². The van der Waals surface area contributed by atoms with E-state index >= 15 is 0 Å². The van der Waals surface area contributed by atoms with Gasteiger partial charge in [-0.25, -0.2) is 9.78 Å². The molecule has 0 fully saturated rings. The summed E-state index contributed by atoms with van der Waals surface area (Å²) in [6.07, 6.45) is 2.51. The smallest absolute Gasteiger partial charge is 0.348 e. The maximum absolute atomic E-state index is 12.4. The predicted molar refractivity (Wildman–Crippen MR) is 109 cm³/mol. The van der Waals surface area contributed by atoms with E-state index < -0.39 is 19.4 Å². The molecule has 0 bridgehead atoms. The Morgan fingerprint density at radius 3 is 2.61 bits per heavy atom. The number of anilines is 3. The summed E-state index contributed by atoms with van der Waals surface area (Å²) in [4.78, 5) is 37.3. The first-order valence-electron chi connectivity index (χ1n) is 8.75. The van der Waals surface area contributed by atoms with Crippen molar-refractivity contribution in [2.24, 2.45) is 5.73 Å². The lowest BCUT2D eigenvalue weighted by Crippen LogP contribution is -2.37. The van der Waals surface area contributed by atoms with E-state index in [1.165, 1.54) is 4.90 Å². The summed E-state index contributed by atoms with van der Waals surface area (Å²) in [5.74, 6) is -0.621. The van der Waals surface area contributed by atoms with E-state index in [1.807, 2.05) is 37.3 Å². The molecule has 0 spiro atoms. The maximum atomic E-state index is 12.4. The molecule has 1 aromatic carbocycles. The molecule has 0 aliphatic carbocycles. The Morgan fingerprint density at radius 2 is 2.00 bits per heavy atom. The number of hydrogen-bond acceptors (Lipinski definition) is 5. The Labute approximate surface area is 162 Å². The van der Waals surface area contributed by atoms with E-state index in [0.29, 0.717) is 23.6 Å². The average Bonchev–Trinajstić information content (AvgIpc) is 2.65. The zero-order valence-electron chi connectivity index (χ0n) is 15.2. The summed E-state index contributed by atoms with van der Waals surface area (Å²) in [5.41, 5.74) is 7.07. The molecule has 0 radical (unpaired) electrons. The van der Waals surface area contributed by atoms with Gasteiger partial charge in [0, 0.05) is 6.20 Å². The number of amides is 2. The molecule has 3 rings (SSSR count). The SMILES string of the molecule is CCCC(N1C(c2ccccc2)=CNc2ccc(NC(N)=O)nc21)P(=O)(O)O. The van der Waals surface area contributed by atoms with Crippen LogP contribution in [0.5, 0.6) is 0 Å². The highest BCUT2D eigenvalue weighted by molar-refractivity contribution is 7.52. The summed E-state index contributed by atoms with van der Waals surface area (Å²) < 4.78 is 12.4. The van der Waals surface area contributed by atoms with Crippen LogP contribution in [0.25, 0.3) is 5.70 Å². The van der Waals surface area contributed by atoms with Crippen LogP contribution in [0.1, 0.15) is 25.3 Å². The van der Waals surface area contributed by atoms with E-state index in [9.17, 15) is 19.1 Å². The number of fused-ring (bicyclic) bond motifs is 1. The van der Waals surface area contributed by atoms with E-state index in [-0.39, 0.29) is 12.2 Å². The standard InChI is InChI=1S/C18H22N5O4P/c1-2-6-16(28(25,26)27)23-14(12-7-4-3-5-8-12)11-20-13-9-10-15(21-17(13)23)22-18(19)24/h3-5,7-11,16,20H,2,6H2,1H3,(H2,25,26,27)(H3,19,21,22,24). The molecule has 6 N–H and O–H groups in total. The van der Waals surface area contributed by atoms with E-state index in [0.717, 1.165) is 5.56 Å². The Bertz CT molecular complexity index is 944. The van der Waals surface area contributed by atoms with Crippen LogP contribution in [0.15, 0.2) is 48.7 Å². The zero-order chi connectivity index (χ0) is 20.3. The number of hydrogen-bond donors (Lipinski definition) is 5. The quantitative estimate of drug-likeness (QED) is 0.467. The van der Waals surface area contributed by atoms with Crippen LogP contribution in [-0.4, -0.2) is 26.6 Å². The topological polar surface area (TPSA) is 141 Å². The fraction of sp³-hybridized carbons (Fsp3) is 0.222. The van der Waals surface area contributed by atoms with Crippen molar-refractivity contribution in [1.29, 1.82) is 0 Å². The summed E-state index contributed by atoms with van der Waals surface area (Å²) in [6.45, 7) is 1.86. The lowest BCUT2D eigenvalue weighted by atomic mass is 10.1. The van der Waals surface area contributed by atoms with Gasteiger partial charge in [-0.3, -0.25) is 9.88 Å². The molecule has 1 atom stereocenters. The van der Waals surface area contributed by atoms with Crippen LogP contribution >= 0.6 is 7.60 Å².